The monoisotopic (exact) mass is 527 g/mol. The van der Waals surface area contributed by atoms with E-state index in [1.807, 2.05) is 0 Å². The molecular weight excluding hydrogens is 494 g/mol. The van der Waals surface area contributed by atoms with E-state index in [1.54, 1.807) is 0 Å². The summed E-state index contributed by atoms with van der Waals surface area (Å²) in [7, 11) is 0. The number of hydrogen-bond donors (Lipinski definition) is 0. The molecule has 0 saturated heterocycles. The molecule has 7 rings (SSSR count). The van der Waals surface area contributed by atoms with Crippen LogP contribution in [-0.4, -0.2) is 0 Å². The van der Waals surface area contributed by atoms with E-state index in [0.717, 1.165) is 0 Å². The molecule has 198 valence electrons. The highest BCUT2D eigenvalue weighted by molar-refractivity contribution is 5.90. The molecule has 1 aliphatic rings. The predicted molar refractivity (Wildman–Crippen MR) is 174 cm³/mol. The lowest BCUT2D eigenvalue weighted by Gasteiger charge is -2.43. The van der Waals surface area contributed by atoms with Crippen LogP contribution in [0.15, 0.2) is 146 Å². The van der Waals surface area contributed by atoms with E-state index in [9.17, 15) is 0 Å². The zero-order chi connectivity index (χ0) is 28.0. The number of anilines is 3. The van der Waals surface area contributed by atoms with Gasteiger partial charge in [-0.3, -0.25) is 0 Å². The van der Waals surface area contributed by atoms with Crippen molar-refractivity contribution in [2.45, 2.75) is 26.2 Å². The summed E-state index contributed by atoms with van der Waals surface area (Å²) in [5.41, 5.74) is 14.9. The van der Waals surface area contributed by atoms with Gasteiger partial charge in [-0.2, -0.15) is 0 Å². The van der Waals surface area contributed by atoms with Gasteiger partial charge in [0, 0.05) is 11.1 Å². The van der Waals surface area contributed by atoms with Crippen LogP contribution in [0.3, 0.4) is 0 Å². The van der Waals surface area contributed by atoms with Crippen LogP contribution in [0, 0.1) is 6.92 Å². The maximum Gasteiger partial charge on any atom is 0.0503 e. The molecular formula is C40H33N. The summed E-state index contributed by atoms with van der Waals surface area (Å²) in [4.78, 5) is 2.48. The molecule has 0 spiro atoms. The maximum absolute atomic E-state index is 2.48. The first-order chi connectivity index (χ1) is 20.0. The second kappa shape index (κ2) is 9.94. The van der Waals surface area contributed by atoms with E-state index in [1.165, 1.54) is 67.1 Å². The zero-order valence-electron chi connectivity index (χ0n) is 23.8. The molecule has 0 aromatic heterocycles. The van der Waals surface area contributed by atoms with Crippen LogP contribution in [0.5, 0.6) is 0 Å². The van der Waals surface area contributed by atoms with E-state index < -0.39 is 0 Å². The number of aryl methyl sites for hydroxylation is 1. The summed E-state index contributed by atoms with van der Waals surface area (Å²) in [5.74, 6) is 0. The Morgan fingerprint density at radius 3 is 1.15 bits per heavy atom. The summed E-state index contributed by atoms with van der Waals surface area (Å²) >= 11 is 0. The maximum atomic E-state index is 2.48. The van der Waals surface area contributed by atoms with Crippen molar-refractivity contribution in [2.75, 3.05) is 4.90 Å². The Bertz CT molecular complexity index is 1760. The molecule has 0 atom stereocenters. The van der Waals surface area contributed by atoms with E-state index >= 15 is 0 Å². The summed E-state index contributed by atoms with van der Waals surface area (Å²) in [6.07, 6.45) is 0. The minimum absolute atomic E-state index is 0.186. The minimum atomic E-state index is -0.186. The third-order valence-corrected chi connectivity index (χ3v) is 8.58. The minimum Gasteiger partial charge on any atom is -0.310 e. The standard InChI is InChI=1S/C40H33N/c1-28-25-32(29-13-7-4-8-14-29)19-22-37(28)41-38-23-20-33(30-15-9-5-10-16-30)26-35(38)40(2,3)36-27-34(21-24-39(36)41)31-17-11-6-12-18-31/h4-27H,1-3H3. The first-order valence-corrected chi connectivity index (χ1v) is 14.4. The predicted octanol–water partition coefficient (Wildman–Crippen LogP) is 11.1. The van der Waals surface area contributed by atoms with Crippen molar-refractivity contribution < 1.29 is 0 Å². The lowest BCUT2D eigenvalue weighted by molar-refractivity contribution is 0.632. The summed E-state index contributed by atoms with van der Waals surface area (Å²) < 4.78 is 0. The van der Waals surface area contributed by atoms with Gasteiger partial charge in [0.05, 0.1) is 11.4 Å². The van der Waals surface area contributed by atoms with E-state index in [0.29, 0.717) is 0 Å². The fourth-order valence-electron chi connectivity index (χ4n) is 6.33. The Morgan fingerprint density at radius 1 is 0.390 bits per heavy atom. The third-order valence-electron chi connectivity index (χ3n) is 8.58. The molecule has 0 aliphatic carbocycles. The lowest BCUT2D eigenvalue weighted by Crippen LogP contribution is -2.31. The molecule has 6 aromatic rings. The highest BCUT2D eigenvalue weighted by Crippen LogP contribution is 2.54. The number of hydrogen-bond acceptors (Lipinski definition) is 1. The molecule has 0 N–H and O–H groups in total. The highest BCUT2D eigenvalue weighted by Gasteiger charge is 2.37. The molecule has 0 saturated carbocycles. The topological polar surface area (TPSA) is 3.24 Å². The van der Waals surface area contributed by atoms with Gasteiger partial charge in [0.1, 0.15) is 0 Å². The molecule has 6 aromatic carbocycles. The Kier molecular flexibility index (Phi) is 6.09. The van der Waals surface area contributed by atoms with Gasteiger partial charge < -0.3 is 4.90 Å². The Morgan fingerprint density at radius 2 is 0.756 bits per heavy atom. The smallest absolute Gasteiger partial charge is 0.0503 e. The summed E-state index contributed by atoms with van der Waals surface area (Å²) in [6.45, 7) is 6.98. The van der Waals surface area contributed by atoms with Gasteiger partial charge in [-0.05, 0) is 93.4 Å². The molecule has 0 amide bonds. The van der Waals surface area contributed by atoms with Crippen LogP contribution >= 0.6 is 0 Å². The van der Waals surface area contributed by atoms with Gasteiger partial charge in [-0.25, -0.2) is 0 Å². The van der Waals surface area contributed by atoms with Gasteiger partial charge in [0.15, 0.2) is 0 Å². The van der Waals surface area contributed by atoms with E-state index in [-0.39, 0.29) is 5.41 Å². The van der Waals surface area contributed by atoms with Crippen molar-refractivity contribution in [1.82, 2.24) is 0 Å². The number of fused-ring (bicyclic) bond motifs is 2. The largest absolute Gasteiger partial charge is 0.310 e. The Labute approximate surface area is 243 Å². The van der Waals surface area contributed by atoms with E-state index in [2.05, 4.69) is 171 Å². The zero-order valence-corrected chi connectivity index (χ0v) is 23.8. The fraction of sp³-hybridized carbons (Fsp3) is 0.100. The van der Waals surface area contributed by atoms with E-state index in [4.69, 9.17) is 0 Å². The molecule has 0 bridgehead atoms. The molecule has 0 fully saturated rings. The molecule has 1 nitrogen and oxygen atoms in total. The van der Waals surface area contributed by atoms with Crippen molar-refractivity contribution in [3.05, 3.63) is 162 Å². The van der Waals surface area contributed by atoms with Crippen LogP contribution in [0.1, 0.15) is 30.5 Å². The van der Waals surface area contributed by atoms with Crippen molar-refractivity contribution in [1.29, 1.82) is 0 Å². The van der Waals surface area contributed by atoms with Gasteiger partial charge in [0.25, 0.3) is 0 Å². The van der Waals surface area contributed by atoms with Crippen LogP contribution in [0.2, 0.25) is 0 Å². The summed E-state index contributed by atoms with van der Waals surface area (Å²) in [6, 6.07) is 52.9. The lowest BCUT2D eigenvalue weighted by atomic mass is 9.72. The van der Waals surface area contributed by atoms with Gasteiger partial charge in [-0.1, -0.05) is 123 Å². The molecule has 1 heterocycles. The second-order valence-corrected chi connectivity index (χ2v) is 11.5. The second-order valence-electron chi connectivity index (χ2n) is 11.5. The van der Waals surface area contributed by atoms with Crippen molar-refractivity contribution in [3.63, 3.8) is 0 Å². The van der Waals surface area contributed by atoms with Crippen molar-refractivity contribution >= 4 is 17.1 Å². The normalized spacial score (nSPS) is 13.4. The average molecular weight is 528 g/mol. The molecule has 41 heavy (non-hydrogen) atoms. The van der Waals surface area contributed by atoms with Gasteiger partial charge in [-0.15, -0.1) is 0 Å². The van der Waals surface area contributed by atoms with Crippen LogP contribution < -0.4 is 4.90 Å². The van der Waals surface area contributed by atoms with Gasteiger partial charge in [0.2, 0.25) is 0 Å². The Hall–Kier alpha value is -4.88. The number of rotatable bonds is 4. The molecule has 1 heteroatoms. The SMILES string of the molecule is Cc1cc(-c2ccccc2)ccc1N1c2ccc(-c3ccccc3)cc2C(C)(C)c2cc(-c3ccccc3)ccc21. The molecule has 1 aliphatic heterocycles. The molecule has 0 radical (unpaired) electrons. The van der Waals surface area contributed by atoms with Crippen LogP contribution in [0.4, 0.5) is 17.1 Å². The quantitative estimate of drug-likeness (QED) is 0.220. The number of nitrogens with zero attached hydrogens (tertiary/aromatic N) is 1. The third kappa shape index (κ3) is 4.35. The highest BCUT2D eigenvalue weighted by atomic mass is 15.2. The molecule has 0 unspecified atom stereocenters. The first-order valence-electron chi connectivity index (χ1n) is 14.4. The average Bonchev–Trinajstić information content (AvgIpc) is 3.03. The van der Waals surface area contributed by atoms with Crippen molar-refractivity contribution in [3.8, 4) is 33.4 Å². The van der Waals surface area contributed by atoms with Gasteiger partial charge >= 0.3 is 0 Å². The first kappa shape index (κ1) is 25.1. The van der Waals surface area contributed by atoms with Crippen molar-refractivity contribution in [2.24, 2.45) is 0 Å². The summed E-state index contributed by atoms with van der Waals surface area (Å²) in [5, 5.41) is 0. The van der Waals surface area contributed by atoms with Crippen LogP contribution in [-0.2, 0) is 5.41 Å². The van der Waals surface area contributed by atoms with Crippen LogP contribution in [0.25, 0.3) is 33.4 Å². The number of benzene rings is 6. The fourth-order valence-corrected chi connectivity index (χ4v) is 6.33. The Balaban J connectivity index is 1.44.